The van der Waals surface area contributed by atoms with Crippen molar-refractivity contribution >= 4 is 5.97 Å². The molecule has 3 heteroatoms. The van der Waals surface area contributed by atoms with E-state index in [1.807, 2.05) is 0 Å². The van der Waals surface area contributed by atoms with E-state index >= 15 is 0 Å². The quantitative estimate of drug-likeness (QED) is 0.165. The van der Waals surface area contributed by atoms with Gasteiger partial charge in [0, 0.05) is 0 Å². The zero-order valence-electron chi connectivity index (χ0n) is 26.3. The van der Waals surface area contributed by atoms with E-state index in [1.54, 1.807) is 0 Å². The Kier molecular flexibility index (Phi) is 16.3. The standard InChI is InChI=1S/C35H62O3/c1-8-9-10-11-12-13-14-15-16-17-18-19-20-21-22-23-24-28(25-32(36)37)30-26-29(34(2,3)4)27-31(33(30)38)35(5,6)7/h26-28,38H,8-25H2,1-7H3,(H,36,37). The van der Waals surface area contributed by atoms with Crippen LogP contribution in [0.25, 0.3) is 0 Å². The van der Waals surface area contributed by atoms with Gasteiger partial charge in [-0.25, -0.2) is 0 Å². The van der Waals surface area contributed by atoms with Crippen molar-refractivity contribution in [3.8, 4) is 5.75 Å². The molecule has 0 heterocycles. The minimum atomic E-state index is -0.788. The van der Waals surface area contributed by atoms with Crippen molar-refractivity contribution in [2.75, 3.05) is 0 Å². The Morgan fingerprint density at radius 1 is 0.684 bits per heavy atom. The van der Waals surface area contributed by atoms with E-state index in [4.69, 9.17) is 0 Å². The molecule has 0 aliphatic carbocycles. The van der Waals surface area contributed by atoms with Gasteiger partial charge in [-0.15, -0.1) is 0 Å². The fourth-order valence-electron chi connectivity index (χ4n) is 5.49. The third-order valence-electron chi connectivity index (χ3n) is 8.08. The Morgan fingerprint density at radius 2 is 1.11 bits per heavy atom. The number of carboxylic acid groups (broad SMARTS) is 1. The second-order valence-corrected chi connectivity index (χ2v) is 13.8. The number of phenolic OH excluding ortho intramolecular Hbond substituents is 1. The van der Waals surface area contributed by atoms with Gasteiger partial charge in [-0.05, 0) is 39.9 Å². The number of phenols is 1. The summed E-state index contributed by atoms with van der Waals surface area (Å²) in [6.07, 6.45) is 22.2. The summed E-state index contributed by atoms with van der Waals surface area (Å²) < 4.78 is 0. The molecule has 1 rings (SSSR count). The average molecular weight is 531 g/mol. The van der Waals surface area contributed by atoms with E-state index in [-0.39, 0.29) is 23.2 Å². The molecule has 0 fully saturated rings. The maximum absolute atomic E-state index is 11.7. The van der Waals surface area contributed by atoms with Gasteiger partial charge >= 0.3 is 5.97 Å². The molecule has 38 heavy (non-hydrogen) atoms. The molecule has 0 aliphatic heterocycles. The van der Waals surface area contributed by atoms with Crippen LogP contribution in [-0.4, -0.2) is 16.2 Å². The van der Waals surface area contributed by atoms with Crippen molar-refractivity contribution in [2.45, 2.75) is 181 Å². The Morgan fingerprint density at radius 3 is 1.47 bits per heavy atom. The van der Waals surface area contributed by atoms with Crippen molar-refractivity contribution in [3.63, 3.8) is 0 Å². The third-order valence-corrected chi connectivity index (χ3v) is 8.08. The first kappa shape index (κ1) is 34.5. The summed E-state index contributed by atoms with van der Waals surface area (Å²) in [6, 6.07) is 4.19. The molecule has 0 spiro atoms. The van der Waals surface area contributed by atoms with Gasteiger partial charge in [0.15, 0.2) is 0 Å². The Labute approximate surface area is 236 Å². The molecule has 3 nitrogen and oxygen atoms in total. The van der Waals surface area contributed by atoms with Crippen molar-refractivity contribution < 1.29 is 15.0 Å². The molecule has 0 aromatic heterocycles. The highest BCUT2D eigenvalue weighted by molar-refractivity contribution is 5.68. The smallest absolute Gasteiger partial charge is 0.303 e. The number of hydrogen-bond acceptors (Lipinski definition) is 2. The maximum atomic E-state index is 11.7. The summed E-state index contributed by atoms with van der Waals surface area (Å²) in [5.41, 5.74) is 2.64. The molecular weight excluding hydrogens is 468 g/mol. The predicted octanol–water partition coefficient (Wildman–Crippen LogP) is 11.2. The number of unbranched alkanes of at least 4 members (excludes halogenated alkanes) is 15. The highest BCUT2D eigenvalue weighted by Crippen LogP contribution is 2.42. The lowest BCUT2D eigenvalue weighted by Crippen LogP contribution is -2.19. The van der Waals surface area contributed by atoms with Gasteiger partial charge in [-0.2, -0.15) is 0 Å². The number of hydrogen-bond donors (Lipinski definition) is 2. The second kappa shape index (κ2) is 18.0. The van der Waals surface area contributed by atoms with E-state index in [2.05, 4.69) is 60.6 Å². The van der Waals surface area contributed by atoms with Crippen LogP contribution in [0.2, 0.25) is 0 Å². The summed E-state index contributed by atoms with van der Waals surface area (Å²) in [6.45, 7) is 15.1. The first-order valence-corrected chi connectivity index (χ1v) is 16.0. The first-order chi connectivity index (χ1) is 17.9. The Bertz CT molecular complexity index is 782. The molecule has 220 valence electrons. The number of carbonyl (C=O) groups is 1. The van der Waals surface area contributed by atoms with Crippen molar-refractivity contribution in [3.05, 3.63) is 28.8 Å². The molecule has 1 atom stereocenters. The first-order valence-electron chi connectivity index (χ1n) is 16.0. The van der Waals surface area contributed by atoms with Crippen molar-refractivity contribution in [2.24, 2.45) is 0 Å². The Hall–Kier alpha value is -1.51. The molecule has 1 aromatic carbocycles. The minimum absolute atomic E-state index is 0.0650. The van der Waals surface area contributed by atoms with Gasteiger partial charge < -0.3 is 10.2 Å². The average Bonchev–Trinajstić information content (AvgIpc) is 2.81. The predicted molar refractivity (Wildman–Crippen MR) is 165 cm³/mol. The Balaban J connectivity index is 2.46. The summed E-state index contributed by atoms with van der Waals surface area (Å²) in [4.78, 5) is 11.7. The monoisotopic (exact) mass is 530 g/mol. The summed E-state index contributed by atoms with van der Waals surface area (Å²) in [5.74, 6) is -0.639. The van der Waals surface area contributed by atoms with Crippen LogP contribution in [0.4, 0.5) is 0 Å². The van der Waals surface area contributed by atoms with Crippen molar-refractivity contribution in [1.82, 2.24) is 0 Å². The molecule has 1 unspecified atom stereocenters. The molecule has 0 saturated carbocycles. The van der Waals surface area contributed by atoms with Gasteiger partial charge in [0.1, 0.15) is 5.75 Å². The van der Waals surface area contributed by atoms with E-state index in [9.17, 15) is 15.0 Å². The molecule has 1 aromatic rings. The molecule has 0 saturated heterocycles. The normalized spacial score (nSPS) is 13.1. The summed E-state index contributed by atoms with van der Waals surface area (Å²) >= 11 is 0. The zero-order chi connectivity index (χ0) is 28.6. The maximum Gasteiger partial charge on any atom is 0.303 e. The van der Waals surface area contributed by atoms with Crippen LogP contribution < -0.4 is 0 Å². The van der Waals surface area contributed by atoms with Crippen LogP contribution in [0.5, 0.6) is 5.75 Å². The van der Waals surface area contributed by atoms with Crippen LogP contribution in [-0.2, 0) is 15.6 Å². The van der Waals surface area contributed by atoms with E-state index in [0.717, 1.165) is 36.0 Å². The van der Waals surface area contributed by atoms with Gasteiger partial charge in [-0.1, -0.05) is 163 Å². The van der Waals surface area contributed by atoms with Crippen LogP contribution in [0.15, 0.2) is 12.1 Å². The van der Waals surface area contributed by atoms with E-state index in [1.165, 1.54) is 89.9 Å². The van der Waals surface area contributed by atoms with Crippen LogP contribution in [0.3, 0.4) is 0 Å². The molecule has 2 N–H and O–H groups in total. The number of aliphatic carboxylic acids is 1. The SMILES string of the molecule is CCCCCCCCCCCCCCCCCCC(CC(=O)O)c1cc(C(C)(C)C)cc(C(C)(C)C)c1O. The highest BCUT2D eigenvalue weighted by atomic mass is 16.4. The number of rotatable bonds is 20. The lowest BCUT2D eigenvalue weighted by molar-refractivity contribution is -0.137. The molecule has 0 radical (unpaired) electrons. The molecule has 0 amide bonds. The molecule has 0 aliphatic rings. The van der Waals surface area contributed by atoms with Crippen LogP contribution in [0.1, 0.15) is 187 Å². The molecular formula is C35H62O3. The number of aromatic hydroxyl groups is 1. The fraction of sp³-hybridized carbons (Fsp3) is 0.800. The van der Waals surface area contributed by atoms with Gasteiger partial charge in [0.2, 0.25) is 0 Å². The topological polar surface area (TPSA) is 57.5 Å². The lowest BCUT2D eigenvalue weighted by Gasteiger charge is -2.29. The highest BCUT2D eigenvalue weighted by Gasteiger charge is 2.28. The van der Waals surface area contributed by atoms with E-state index < -0.39 is 5.97 Å². The largest absolute Gasteiger partial charge is 0.507 e. The fourth-order valence-corrected chi connectivity index (χ4v) is 5.49. The van der Waals surface area contributed by atoms with Crippen LogP contribution >= 0.6 is 0 Å². The second-order valence-electron chi connectivity index (χ2n) is 13.8. The summed E-state index contributed by atoms with van der Waals surface area (Å²) in [7, 11) is 0. The minimum Gasteiger partial charge on any atom is -0.507 e. The molecule has 0 bridgehead atoms. The zero-order valence-corrected chi connectivity index (χ0v) is 26.3. The van der Waals surface area contributed by atoms with Gasteiger partial charge in [-0.3, -0.25) is 4.79 Å². The lowest BCUT2D eigenvalue weighted by atomic mass is 9.76. The van der Waals surface area contributed by atoms with Crippen molar-refractivity contribution in [1.29, 1.82) is 0 Å². The number of carboxylic acids is 1. The van der Waals surface area contributed by atoms with Crippen LogP contribution in [0, 0.1) is 0 Å². The van der Waals surface area contributed by atoms with E-state index in [0.29, 0.717) is 5.75 Å². The van der Waals surface area contributed by atoms with Gasteiger partial charge in [0.25, 0.3) is 0 Å². The third kappa shape index (κ3) is 14.0. The number of benzene rings is 1. The summed E-state index contributed by atoms with van der Waals surface area (Å²) in [5, 5.41) is 20.9. The van der Waals surface area contributed by atoms with Gasteiger partial charge in [0.05, 0.1) is 6.42 Å².